The van der Waals surface area contributed by atoms with Gasteiger partial charge in [0.25, 0.3) is 5.91 Å². The zero-order valence-electron chi connectivity index (χ0n) is 11.3. The molecule has 0 fully saturated rings. The molecule has 0 aliphatic heterocycles. The van der Waals surface area contributed by atoms with Crippen molar-refractivity contribution in [3.63, 3.8) is 0 Å². The summed E-state index contributed by atoms with van der Waals surface area (Å²) in [5.41, 5.74) is 6.51. The largest absolute Gasteiger partial charge is 0.467 e. The number of nitrogens with two attached hydrogens (primary N) is 1. The summed E-state index contributed by atoms with van der Waals surface area (Å²) in [5.74, 6) is -0.870. The molecule has 1 heterocycles. The summed E-state index contributed by atoms with van der Waals surface area (Å²) in [6, 6.07) is 2.50. The number of ether oxygens (including phenoxy) is 1. The van der Waals surface area contributed by atoms with Crippen LogP contribution < -0.4 is 11.1 Å². The number of aromatic nitrogens is 1. The number of methoxy groups -OCH3 is 1. The summed E-state index contributed by atoms with van der Waals surface area (Å²) in [6.45, 7) is 3.92. The normalized spacial score (nSPS) is 12.1. The average Bonchev–Trinajstić information content (AvgIpc) is 2.43. The van der Waals surface area contributed by atoms with Crippen LogP contribution in [0, 0.1) is 5.92 Å². The molecule has 0 radical (unpaired) electrons. The van der Waals surface area contributed by atoms with Gasteiger partial charge in [0.05, 0.1) is 12.8 Å². The van der Waals surface area contributed by atoms with E-state index in [1.165, 1.54) is 13.3 Å². The second-order valence-electron chi connectivity index (χ2n) is 4.46. The molecule has 1 amide bonds. The number of carbonyl (C=O) groups is 2. The van der Waals surface area contributed by atoms with Gasteiger partial charge < -0.3 is 15.8 Å². The Labute approximate surface area is 112 Å². The van der Waals surface area contributed by atoms with Crippen molar-refractivity contribution in [3.8, 4) is 0 Å². The van der Waals surface area contributed by atoms with Crippen LogP contribution >= 0.6 is 0 Å². The lowest BCUT2D eigenvalue weighted by Crippen LogP contribution is -2.45. The zero-order valence-corrected chi connectivity index (χ0v) is 11.3. The third-order valence-corrected chi connectivity index (χ3v) is 2.70. The number of nitrogens with zero attached hydrogens (tertiary/aromatic N) is 1. The van der Waals surface area contributed by atoms with Gasteiger partial charge in [-0.05, 0) is 18.1 Å². The molecule has 0 bridgehead atoms. The molecule has 0 spiro atoms. The predicted molar refractivity (Wildman–Crippen MR) is 70.2 cm³/mol. The quantitative estimate of drug-likeness (QED) is 0.755. The van der Waals surface area contributed by atoms with E-state index in [4.69, 9.17) is 5.73 Å². The molecule has 3 N–H and O–H groups in total. The number of hydrogen-bond acceptors (Lipinski definition) is 5. The van der Waals surface area contributed by atoms with Crippen molar-refractivity contribution in [2.75, 3.05) is 7.11 Å². The molecule has 1 aromatic rings. The van der Waals surface area contributed by atoms with Gasteiger partial charge in [-0.2, -0.15) is 0 Å². The lowest BCUT2D eigenvalue weighted by Gasteiger charge is -2.19. The van der Waals surface area contributed by atoms with Crippen molar-refractivity contribution in [3.05, 3.63) is 29.6 Å². The molecule has 6 nitrogen and oxygen atoms in total. The van der Waals surface area contributed by atoms with E-state index >= 15 is 0 Å². The summed E-state index contributed by atoms with van der Waals surface area (Å²) in [5, 5.41) is 2.65. The van der Waals surface area contributed by atoms with E-state index in [2.05, 4.69) is 15.0 Å². The Morgan fingerprint density at radius 2 is 2.16 bits per heavy atom. The van der Waals surface area contributed by atoms with Crippen molar-refractivity contribution in [2.24, 2.45) is 11.7 Å². The van der Waals surface area contributed by atoms with Crippen LogP contribution in [-0.2, 0) is 16.1 Å². The Hall–Kier alpha value is -1.95. The van der Waals surface area contributed by atoms with Crippen LogP contribution in [0.1, 0.15) is 29.9 Å². The molecule has 1 rings (SSSR count). The van der Waals surface area contributed by atoms with Gasteiger partial charge in [-0.1, -0.05) is 13.8 Å². The first-order valence-electron chi connectivity index (χ1n) is 6.03. The first kappa shape index (κ1) is 15.1. The first-order chi connectivity index (χ1) is 8.99. The van der Waals surface area contributed by atoms with Crippen molar-refractivity contribution >= 4 is 11.9 Å². The van der Waals surface area contributed by atoms with Crippen molar-refractivity contribution in [1.82, 2.24) is 10.3 Å². The molecule has 0 aliphatic rings. The Kier molecular flexibility index (Phi) is 5.44. The van der Waals surface area contributed by atoms with Crippen molar-refractivity contribution < 1.29 is 14.3 Å². The molecule has 0 saturated carbocycles. The number of rotatable bonds is 5. The molecule has 1 aromatic heterocycles. The average molecular weight is 265 g/mol. The molecule has 1 unspecified atom stereocenters. The fourth-order valence-electron chi connectivity index (χ4n) is 1.58. The minimum atomic E-state index is -0.674. The monoisotopic (exact) mass is 265 g/mol. The molecule has 19 heavy (non-hydrogen) atoms. The number of amides is 1. The fourth-order valence-corrected chi connectivity index (χ4v) is 1.58. The van der Waals surface area contributed by atoms with Gasteiger partial charge in [0.2, 0.25) is 0 Å². The Morgan fingerprint density at radius 3 is 2.68 bits per heavy atom. The van der Waals surface area contributed by atoms with E-state index in [-0.39, 0.29) is 18.4 Å². The zero-order chi connectivity index (χ0) is 14.4. The lowest BCUT2D eigenvalue weighted by atomic mass is 10.0. The highest BCUT2D eigenvalue weighted by atomic mass is 16.5. The van der Waals surface area contributed by atoms with Gasteiger partial charge in [0.15, 0.2) is 0 Å². The number of esters is 1. The highest BCUT2D eigenvalue weighted by Crippen LogP contribution is 2.07. The number of pyridine rings is 1. The SMILES string of the molecule is COC(=O)C(NC(=O)c1ccnc(CN)c1)C(C)C. The summed E-state index contributed by atoms with van der Waals surface area (Å²) in [6.07, 6.45) is 1.51. The van der Waals surface area contributed by atoms with E-state index in [9.17, 15) is 9.59 Å². The van der Waals surface area contributed by atoms with Gasteiger partial charge in [-0.3, -0.25) is 9.78 Å². The topological polar surface area (TPSA) is 94.3 Å². The van der Waals surface area contributed by atoms with Crippen molar-refractivity contribution in [2.45, 2.75) is 26.4 Å². The summed E-state index contributed by atoms with van der Waals surface area (Å²) >= 11 is 0. The van der Waals surface area contributed by atoms with Gasteiger partial charge >= 0.3 is 5.97 Å². The smallest absolute Gasteiger partial charge is 0.328 e. The standard InChI is InChI=1S/C13H19N3O3/c1-8(2)11(13(18)19-3)16-12(17)9-4-5-15-10(6-9)7-14/h4-6,8,11H,7,14H2,1-3H3,(H,16,17). The molecule has 0 saturated heterocycles. The summed E-state index contributed by atoms with van der Waals surface area (Å²) < 4.78 is 4.67. The number of nitrogens with one attached hydrogen (secondary N) is 1. The van der Waals surface area contributed by atoms with E-state index in [0.717, 1.165) is 0 Å². The molecule has 104 valence electrons. The van der Waals surface area contributed by atoms with Crippen LogP contribution in [0.5, 0.6) is 0 Å². The maximum absolute atomic E-state index is 12.1. The van der Waals surface area contributed by atoms with Gasteiger partial charge in [-0.15, -0.1) is 0 Å². The van der Waals surface area contributed by atoms with Gasteiger partial charge in [0.1, 0.15) is 6.04 Å². The predicted octanol–water partition coefficient (Wildman–Crippen LogP) is 0.468. The van der Waals surface area contributed by atoms with Crippen LogP contribution in [0.2, 0.25) is 0 Å². The Morgan fingerprint density at radius 1 is 1.47 bits per heavy atom. The maximum atomic E-state index is 12.1. The number of hydrogen-bond donors (Lipinski definition) is 2. The maximum Gasteiger partial charge on any atom is 0.328 e. The molecule has 0 aromatic carbocycles. The summed E-state index contributed by atoms with van der Waals surface area (Å²) in [4.78, 5) is 27.6. The fraction of sp³-hybridized carbons (Fsp3) is 0.462. The van der Waals surface area contributed by atoms with E-state index in [1.54, 1.807) is 12.1 Å². The van der Waals surface area contributed by atoms with Crippen LogP contribution in [0.4, 0.5) is 0 Å². The van der Waals surface area contributed by atoms with Gasteiger partial charge in [0, 0.05) is 18.3 Å². The first-order valence-corrected chi connectivity index (χ1v) is 6.03. The Balaban J connectivity index is 2.84. The van der Waals surface area contributed by atoms with Crippen LogP contribution in [-0.4, -0.2) is 30.0 Å². The van der Waals surface area contributed by atoms with E-state index < -0.39 is 12.0 Å². The highest BCUT2D eigenvalue weighted by molar-refractivity contribution is 5.96. The minimum absolute atomic E-state index is 0.0628. The third-order valence-electron chi connectivity index (χ3n) is 2.70. The second kappa shape index (κ2) is 6.84. The summed E-state index contributed by atoms with van der Waals surface area (Å²) in [7, 11) is 1.29. The molecule has 1 atom stereocenters. The Bertz CT molecular complexity index is 460. The van der Waals surface area contributed by atoms with Gasteiger partial charge in [-0.25, -0.2) is 4.79 Å². The number of carbonyl (C=O) groups excluding carboxylic acids is 2. The van der Waals surface area contributed by atoms with Crippen LogP contribution in [0.3, 0.4) is 0 Å². The molecular formula is C13H19N3O3. The van der Waals surface area contributed by atoms with Crippen LogP contribution in [0.15, 0.2) is 18.3 Å². The van der Waals surface area contributed by atoms with E-state index in [1.807, 2.05) is 13.8 Å². The van der Waals surface area contributed by atoms with Crippen molar-refractivity contribution in [1.29, 1.82) is 0 Å². The second-order valence-corrected chi connectivity index (χ2v) is 4.46. The van der Waals surface area contributed by atoms with E-state index in [0.29, 0.717) is 11.3 Å². The molecule has 6 heteroatoms. The molecular weight excluding hydrogens is 246 g/mol. The molecule has 0 aliphatic carbocycles. The van der Waals surface area contributed by atoms with Crippen LogP contribution in [0.25, 0.3) is 0 Å². The third kappa shape index (κ3) is 4.03. The lowest BCUT2D eigenvalue weighted by molar-refractivity contribution is -0.144. The minimum Gasteiger partial charge on any atom is -0.467 e. The highest BCUT2D eigenvalue weighted by Gasteiger charge is 2.25.